The Morgan fingerprint density at radius 1 is 1.09 bits per heavy atom. The average Bonchev–Trinajstić information content (AvgIpc) is 2.99. The number of thioether (sulfide) groups is 1. The van der Waals surface area contributed by atoms with E-state index in [-0.39, 0.29) is 11.1 Å². The Morgan fingerprint density at radius 2 is 1.91 bits per heavy atom. The Morgan fingerprint density at radius 3 is 2.68 bits per heavy atom. The molecule has 5 heteroatoms. The van der Waals surface area contributed by atoms with E-state index in [9.17, 15) is 4.39 Å². The molecule has 0 aliphatic carbocycles. The average molecular weight is 314 g/mol. The van der Waals surface area contributed by atoms with Gasteiger partial charge in [-0.2, -0.15) is 0 Å². The molecule has 112 valence electrons. The zero-order valence-electron chi connectivity index (χ0n) is 12.3. The van der Waals surface area contributed by atoms with Crippen LogP contribution in [-0.2, 0) is 0 Å². The molecule has 1 heterocycles. The predicted octanol–water partition coefficient (Wildman–Crippen LogP) is 5.04. The Hall–Kier alpha value is -2.14. The summed E-state index contributed by atoms with van der Waals surface area (Å²) in [4.78, 5) is 0.574. The third-order valence-electron chi connectivity index (χ3n) is 3.19. The Balaban J connectivity index is 1.80. The van der Waals surface area contributed by atoms with Gasteiger partial charge in [0, 0.05) is 10.5 Å². The molecule has 0 saturated carbocycles. The normalized spacial score (nSPS) is 12.3. The summed E-state index contributed by atoms with van der Waals surface area (Å²) < 4.78 is 19.4. The second-order valence-corrected chi connectivity index (χ2v) is 6.39. The molecule has 3 rings (SSSR count). The predicted molar refractivity (Wildman–Crippen MR) is 85.1 cm³/mol. The van der Waals surface area contributed by atoms with Gasteiger partial charge in [0.25, 0.3) is 0 Å². The molecule has 0 radical (unpaired) electrons. The number of aromatic nitrogens is 2. The quantitative estimate of drug-likeness (QED) is 0.633. The van der Waals surface area contributed by atoms with E-state index < -0.39 is 0 Å². The van der Waals surface area contributed by atoms with Crippen LogP contribution in [0.4, 0.5) is 4.39 Å². The minimum absolute atomic E-state index is 0.122. The van der Waals surface area contributed by atoms with Gasteiger partial charge in [-0.15, -0.1) is 22.0 Å². The van der Waals surface area contributed by atoms with Crippen molar-refractivity contribution in [1.29, 1.82) is 0 Å². The van der Waals surface area contributed by atoms with Gasteiger partial charge in [-0.05, 0) is 38.1 Å². The summed E-state index contributed by atoms with van der Waals surface area (Å²) in [5.41, 5.74) is 2.02. The summed E-state index contributed by atoms with van der Waals surface area (Å²) in [6.07, 6.45) is 0. The highest BCUT2D eigenvalue weighted by Gasteiger charge is 2.17. The van der Waals surface area contributed by atoms with E-state index >= 15 is 0 Å². The van der Waals surface area contributed by atoms with Gasteiger partial charge in [0.05, 0.1) is 5.25 Å². The SMILES string of the molecule is Cc1cccc(-c2nnc([C@@H](C)Sc3ccccc3F)o2)c1. The van der Waals surface area contributed by atoms with E-state index in [0.29, 0.717) is 16.7 Å². The summed E-state index contributed by atoms with van der Waals surface area (Å²) in [6, 6.07) is 14.6. The van der Waals surface area contributed by atoms with E-state index in [1.54, 1.807) is 12.1 Å². The van der Waals surface area contributed by atoms with E-state index in [0.717, 1.165) is 11.1 Å². The largest absolute Gasteiger partial charge is 0.419 e. The van der Waals surface area contributed by atoms with Crippen molar-refractivity contribution in [2.24, 2.45) is 0 Å². The van der Waals surface area contributed by atoms with Crippen molar-refractivity contribution in [2.45, 2.75) is 24.0 Å². The molecular weight excluding hydrogens is 299 g/mol. The monoisotopic (exact) mass is 314 g/mol. The number of benzene rings is 2. The van der Waals surface area contributed by atoms with Gasteiger partial charge in [-0.25, -0.2) is 4.39 Å². The molecule has 1 aromatic heterocycles. The van der Waals surface area contributed by atoms with Gasteiger partial charge in [0.2, 0.25) is 11.8 Å². The fourth-order valence-electron chi connectivity index (χ4n) is 2.07. The van der Waals surface area contributed by atoms with Crippen molar-refractivity contribution in [3.8, 4) is 11.5 Å². The second kappa shape index (κ2) is 6.32. The van der Waals surface area contributed by atoms with Gasteiger partial charge >= 0.3 is 0 Å². The van der Waals surface area contributed by atoms with E-state index in [1.165, 1.54) is 17.8 Å². The molecule has 0 saturated heterocycles. The summed E-state index contributed by atoms with van der Waals surface area (Å²) in [6.45, 7) is 3.93. The van der Waals surface area contributed by atoms with E-state index in [4.69, 9.17) is 4.42 Å². The third kappa shape index (κ3) is 3.20. The summed E-state index contributed by atoms with van der Waals surface area (Å²) in [5, 5.41) is 8.05. The van der Waals surface area contributed by atoms with Crippen LogP contribution >= 0.6 is 11.8 Å². The molecule has 22 heavy (non-hydrogen) atoms. The zero-order chi connectivity index (χ0) is 15.5. The summed E-state index contributed by atoms with van der Waals surface area (Å²) in [7, 11) is 0. The lowest BCUT2D eigenvalue weighted by atomic mass is 10.1. The maximum Gasteiger partial charge on any atom is 0.247 e. The van der Waals surface area contributed by atoms with Crippen LogP contribution in [0.5, 0.6) is 0 Å². The highest BCUT2D eigenvalue weighted by Crippen LogP contribution is 2.36. The number of halogens is 1. The van der Waals surface area contributed by atoms with Crippen LogP contribution in [-0.4, -0.2) is 10.2 Å². The first-order valence-corrected chi connectivity index (χ1v) is 7.83. The second-order valence-electron chi connectivity index (χ2n) is 5.01. The van der Waals surface area contributed by atoms with Gasteiger partial charge < -0.3 is 4.42 Å². The minimum Gasteiger partial charge on any atom is -0.419 e. The molecule has 0 fully saturated rings. The molecule has 3 aromatic rings. The topological polar surface area (TPSA) is 38.9 Å². The molecule has 1 atom stereocenters. The zero-order valence-corrected chi connectivity index (χ0v) is 13.1. The summed E-state index contributed by atoms with van der Waals surface area (Å²) in [5.74, 6) is 0.738. The molecule has 0 aliphatic heterocycles. The van der Waals surface area contributed by atoms with Crippen LogP contribution in [0.2, 0.25) is 0 Å². The molecule has 0 spiro atoms. The first-order valence-electron chi connectivity index (χ1n) is 6.95. The number of rotatable bonds is 4. The van der Waals surface area contributed by atoms with Gasteiger partial charge in [-0.3, -0.25) is 0 Å². The number of aryl methyl sites for hydroxylation is 1. The van der Waals surface area contributed by atoms with Crippen LogP contribution in [0, 0.1) is 12.7 Å². The van der Waals surface area contributed by atoms with Crippen molar-refractivity contribution in [1.82, 2.24) is 10.2 Å². The highest BCUT2D eigenvalue weighted by atomic mass is 32.2. The third-order valence-corrected chi connectivity index (χ3v) is 4.33. The van der Waals surface area contributed by atoms with Crippen LogP contribution in [0.1, 0.15) is 23.6 Å². The molecule has 2 aromatic carbocycles. The van der Waals surface area contributed by atoms with Gasteiger partial charge in [0.1, 0.15) is 5.82 Å². The van der Waals surface area contributed by atoms with Crippen molar-refractivity contribution in [3.05, 3.63) is 65.8 Å². The molecule has 0 amide bonds. The molecule has 3 nitrogen and oxygen atoms in total. The van der Waals surface area contributed by atoms with Crippen LogP contribution in [0.3, 0.4) is 0 Å². The molecule has 0 aliphatic rings. The van der Waals surface area contributed by atoms with Gasteiger partial charge in [0.15, 0.2) is 0 Å². The first-order chi connectivity index (χ1) is 10.6. The molecule has 0 bridgehead atoms. The number of hydrogen-bond donors (Lipinski definition) is 0. The van der Waals surface area contributed by atoms with Gasteiger partial charge in [-0.1, -0.05) is 29.8 Å². The number of nitrogens with zero attached hydrogens (tertiary/aromatic N) is 2. The lowest BCUT2D eigenvalue weighted by molar-refractivity contribution is 0.509. The van der Waals surface area contributed by atoms with Crippen molar-refractivity contribution < 1.29 is 8.81 Å². The first kappa shape index (κ1) is 14.8. The Kier molecular flexibility index (Phi) is 4.24. The standard InChI is InChI=1S/C17H15FN2OS/c1-11-6-5-7-13(10-11)17-20-19-16(21-17)12(2)22-15-9-4-3-8-14(15)18/h3-10,12H,1-2H3/t12-/m1/s1. The smallest absolute Gasteiger partial charge is 0.247 e. The van der Waals surface area contributed by atoms with Crippen molar-refractivity contribution >= 4 is 11.8 Å². The lowest BCUT2D eigenvalue weighted by Gasteiger charge is -2.07. The number of hydrogen-bond acceptors (Lipinski definition) is 4. The Bertz CT molecular complexity index is 788. The van der Waals surface area contributed by atoms with E-state index in [2.05, 4.69) is 10.2 Å². The summed E-state index contributed by atoms with van der Waals surface area (Å²) >= 11 is 1.36. The van der Waals surface area contributed by atoms with Crippen LogP contribution < -0.4 is 0 Å². The van der Waals surface area contributed by atoms with Crippen LogP contribution in [0.15, 0.2) is 57.8 Å². The Labute approximate surface area is 132 Å². The van der Waals surface area contributed by atoms with Crippen molar-refractivity contribution in [3.63, 3.8) is 0 Å². The molecular formula is C17H15FN2OS. The highest BCUT2D eigenvalue weighted by molar-refractivity contribution is 7.99. The lowest BCUT2D eigenvalue weighted by Crippen LogP contribution is -1.90. The van der Waals surface area contributed by atoms with Crippen molar-refractivity contribution in [2.75, 3.05) is 0 Å². The molecule has 0 N–H and O–H groups in total. The van der Waals surface area contributed by atoms with E-state index in [1.807, 2.05) is 44.2 Å². The van der Waals surface area contributed by atoms with Crippen LogP contribution in [0.25, 0.3) is 11.5 Å². The minimum atomic E-state index is -0.238. The maximum atomic E-state index is 13.7. The fraction of sp³-hybridized carbons (Fsp3) is 0.176. The maximum absolute atomic E-state index is 13.7. The molecule has 0 unspecified atom stereocenters. The fourth-order valence-corrected chi connectivity index (χ4v) is 2.99.